The molecule has 0 saturated carbocycles. The number of nitrogens with zero attached hydrogens (tertiary/aromatic N) is 1. The van der Waals surface area contributed by atoms with E-state index < -0.39 is 12.4 Å². The summed E-state index contributed by atoms with van der Waals surface area (Å²) in [7, 11) is 0. The minimum absolute atomic E-state index is 0.443. The van der Waals surface area contributed by atoms with E-state index in [1.165, 1.54) is 5.01 Å². The molecule has 5 nitrogen and oxygen atoms in total. The zero-order valence-corrected chi connectivity index (χ0v) is 6.19. The van der Waals surface area contributed by atoms with Gasteiger partial charge in [0, 0.05) is 6.54 Å². The summed E-state index contributed by atoms with van der Waals surface area (Å²) in [5.74, 6) is 5.47. The molecule has 0 radical (unpaired) electrons. The zero-order valence-electron chi connectivity index (χ0n) is 6.19. The standard InChI is InChI=1S/C6H12N2O3/c7-8-4-2-1-3-5(8)11-6(9)10/h5H,1-4,7H2,(H,9,10). The van der Waals surface area contributed by atoms with Crippen LogP contribution >= 0.6 is 0 Å². The average molecular weight is 160 g/mol. The van der Waals surface area contributed by atoms with Gasteiger partial charge in [0.2, 0.25) is 0 Å². The van der Waals surface area contributed by atoms with E-state index >= 15 is 0 Å². The lowest BCUT2D eigenvalue weighted by Crippen LogP contribution is -2.46. The van der Waals surface area contributed by atoms with Gasteiger partial charge >= 0.3 is 6.16 Å². The Bertz CT molecular complexity index is 151. The second-order valence-corrected chi connectivity index (χ2v) is 2.57. The number of nitrogens with two attached hydrogens (primary N) is 1. The Hall–Kier alpha value is -0.810. The van der Waals surface area contributed by atoms with Crippen molar-refractivity contribution < 1.29 is 14.6 Å². The number of hydrogen-bond acceptors (Lipinski definition) is 4. The molecule has 0 aromatic carbocycles. The molecule has 0 aliphatic carbocycles. The lowest BCUT2D eigenvalue weighted by atomic mass is 10.1. The van der Waals surface area contributed by atoms with Crippen LogP contribution in [-0.4, -0.2) is 29.0 Å². The molecule has 64 valence electrons. The van der Waals surface area contributed by atoms with Crippen LogP contribution in [0.25, 0.3) is 0 Å². The van der Waals surface area contributed by atoms with E-state index in [-0.39, 0.29) is 0 Å². The van der Waals surface area contributed by atoms with Gasteiger partial charge in [-0.3, -0.25) is 5.84 Å². The summed E-state index contributed by atoms with van der Waals surface area (Å²) in [6.07, 6.45) is 0.985. The van der Waals surface area contributed by atoms with Crippen LogP contribution in [0.3, 0.4) is 0 Å². The number of ether oxygens (including phenoxy) is 1. The Kier molecular flexibility index (Phi) is 2.67. The lowest BCUT2D eigenvalue weighted by Gasteiger charge is -2.29. The fourth-order valence-corrected chi connectivity index (χ4v) is 1.17. The Labute approximate surface area is 64.7 Å². The van der Waals surface area contributed by atoms with Crippen LogP contribution in [0.15, 0.2) is 0 Å². The first-order valence-corrected chi connectivity index (χ1v) is 3.61. The van der Waals surface area contributed by atoms with Crippen molar-refractivity contribution in [2.75, 3.05) is 6.54 Å². The van der Waals surface area contributed by atoms with Gasteiger partial charge in [-0.25, -0.2) is 9.80 Å². The van der Waals surface area contributed by atoms with Crippen LogP contribution in [0.5, 0.6) is 0 Å². The van der Waals surface area contributed by atoms with E-state index in [1.807, 2.05) is 0 Å². The molecular formula is C6H12N2O3. The molecule has 11 heavy (non-hydrogen) atoms. The Morgan fingerprint density at radius 3 is 2.91 bits per heavy atom. The summed E-state index contributed by atoms with van der Waals surface area (Å²) in [4.78, 5) is 10.1. The molecule has 1 aliphatic heterocycles. The van der Waals surface area contributed by atoms with Crippen molar-refractivity contribution in [2.24, 2.45) is 5.84 Å². The highest BCUT2D eigenvalue weighted by Gasteiger charge is 2.22. The highest BCUT2D eigenvalue weighted by atomic mass is 16.7. The molecule has 1 heterocycles. The number of carbonyl (C=O) groups is 1. The molecule has 5 heteroatoms. The van der Waals surface area contributed by atoms with Crippen molar-refractivity contribution in [3.63, 3.8) is 0 Å². The number of piperidine rings is 1. The minimum Gasteiger partial charge on any atom is -0.450 e. The van der Waals surface area contributed by atoms with Crippen molar-refractivity contribution in [3.05, 3.63) is 0 Å². The van der Waals surface area contributed by atoms with Crippen LogP contribution in [0.2, 0.25) is 0 Å². The fourth-order valence-electron chi connectivity index (χ4n) is 1.17. The van der Waals surface area contributed by atoms with E-state index in [2.05, 4.69) is 4.74 Å². The minimum atomic E-state index is -1.26. The summed E-state index contributed by atoms with van der Waals surface area (Å²) in [5, 5.41) is 9.71. The van der Waals surface area contributed by atoms with E-state index in [0.717, 1.165) is 12.8 Å². The largest absolute Gasteiger partial charge is 0.507 e. The number of rotatable bonds is 1. The van der Waals surface area contributed by atoms with Gasteiger partial charge in [-0.15, -0.1) is 0 Å². The molecular weight excluding hydrogens is 148 g/mol. The maximum atomic E-state index is 10.1. The van der Waals surface area contributed by atoms with Crippen LogP contribution in [-0.2, 0) is 4.74 Å². The van der Waals surface area contributed by atoms with Gasteiger partial charge in [0.25, 0.3) is 0 Å². The average Bonchev–Trinajstić information content (AvgIpc) is 1.93. The zero-order chi connectivity index (χ0) is 8.27. The molecule has 0 bridgehead atoms. The third-order valence-corrected chi connectivity index (χ3v) is 1.72. The Morgan fingerprint density at radius 2 is 2.36 bits per heavy atom. The van der Waals surface area contributed by atoms with E-state index in [1.54, 1.807) is 0 Å². The van der Waals surface area contributed by atoms with Crippen molar-refractivity contribution in [2.45, 2.75) is 25.5 Å². The molecule has 0 aromatic heterocycles. The van der Waals surface area contributed by atoms with E-state index in [4.69, 9.17) is 10.9 Å². The van der Waals surface area contributed by atoms with Gasteiger partial charge in [0.15, 0.2) is 6.23 Å². The molecule has 1 saturated heterocycles. The maximum absolute atomic E-state index is 10.1. The molecule has 1 atom stereocenters. The predicted octanol–water partition coefficient (Wildman–Crippen LogP) is 0.367. The van der Waals surface area contributed by atoms with Gasteiger partial charge in [0.1, 0.15) is 0 Å². The van der Waals surface area contributed by atoms with Crippen LogP contribution in [0.4, 0.5) is 4.79 Å². The number of hydrogen-bond donors (Lipinski definition) is 2. The van der Waals surface area contributed by atoms with Crippen molar-refractivity contribution >= 4 is 6.16 Å². The first-order chi connectivity index (χ1) is 5.20. The molecule has 3 N–H and O–H groups in total. The topological polar surface area (TPSA) is 75.8 Å². The Morgan fingerprint density at radius 1 is 1.64 bits per heavy atom. The number of carboxylic acid groups (broad SMARTS) is 1. The van der Waals surface area contributed by atoms with E-state index in [0.29, 0.717) is 13.0 Å². The highest BCUT2D eigenvalue weighted by molar-refractivity contribution is 5.57. The second kappa shape index (κ2) is 3.54. The van der Waals surface area contributed by atoms with Gasteiger partial charge in [-0.2, -0.15) is 0 Å². The first kappa shape index (κ1) is 8.29. The number of hydrazine groups is 1. The molecule has 0 spiro atoms. The van der Waals surface area contributed by atoms with Crippen LogP contribution in [0.1, 0.15) is 19.3 Å². The normalized spacial score (nSPS) is 26.5. The molecule has 1 fully saturated rings. The fraction of sp³-hybridized carbons (Fsp3) is 0.833. The predicted molar refractivity (Wildman–Crippen MR) is 37.6 cm³/mol. The maximum Gasteiger partial charge on any atom is 0.507 e. The van der Waals surface area contributed by atoms with Gasteiger partial charge in [0.05, 0.1) is 0 Å². The molecule has 1 rings (SSSR count). The van der Waals surface area contributed by atoms with Crippen molar-refractivity contribution in [1.29, 1.82) is 0 Å². The molecule has 1 unspecified atom stereocenters. The monoisotopic (exact) mass is 160 g/mol. The summed E-state index contributed by atoms with van der Waals surface area (Å²) in [5.41, 5.74) is 0. The quantitative estimate of drug-likeness (QED) is 0.428. The highest BCUT2D eigenvalue weighted by Crippen LogP contribution is 2.14. The molecule has 0 amide bonds. The smallest absolute Gasteiger partial charge is 0.450 e. The van der Waals surface area contributed by atoms with Gasteiger partial charge < -0.3 is 9.84 Å². The third kappa shape index (κ3) is 2.36. The van der Waals surface area contributed by atoms with Gasteiger partial charge in [-0.05, 0) is 19.3 Å². The van der Waals surface area contributed by atoms with Crippen LogP contribution in [0, 0.1) is 0 Å². The SMILES string of the molecule is NN1CCCCC1OC(=O)O. The Balaban J connectivity index is 2.35. The molecule has 0 aromatic rings. The third-order valence-electron chi connectivity index (χ3n) is 1.72. The van der Waals surface area contributed by atoms with Crippen LogP contribution < -0.4 is 5.84 Å². The first-order valence-electron chi connectivity index (χ1n) is 3.61. The molecule has 1 aliphatic rings. The summed E-state index contributed by atoms with van der Waals surface area (Å²) in [6.45, 7) is 0.706. The van der Waals surface area contributed by atoms with E-state index in [9.17, 15) is 4.79 Å². The van der Waals surface area contributed by atoms with Crippen molar-refractivity contribution in [1.82, 2.24) is 5.01 Å². The summed E-state index contributed by atoms with van der Waals surface area (Å²) < 4.78 is 4.52. The lowest BCUT2D eigenvalue weighted by molar-refractivity contribution is -0.0558. The van der Waals surface area contributed by atoms with Gasteiger partial charge in [-0.1, -0.05) is 0 Å². The summed E-state index contributed by atoms with van der Waals surface area (Å²) >= 11 is 0. The summed E-state index contributed by atoms with van der Waals surface area (Å²) in [6, 6.07) is 0. The second-order valence-electron chi connectivity index (χ2n) is 2.57. The van der Waals surface area contributed by atoms with Crippen molar-refractivity contribution in [3.8, 4) is 0 Å².